The molecule has 0 spiro atoms. The number of likely N-dealkylation sites (tertiary alicyclic amines) is 1. The van der Waals surface area contributed by atoms with E-state index in [2.05, 4.69) is 15.2 Å². The number of carbonyl (C=O) groups is 1. The van der Waals surface area contributed by atoms with Gasteiger partial charge < -0.3 is 25.0 Å². The van der Waals surface area contributed by atoms with Crippen molar-refractivity contribution in [3.63, 3.8) is 0 Å². The number of aliphatic hydroxyl groups is 1. The number of benzene rings is 1. The van der Waals surface area contributed by atoms with Gasteiger partial charge in [-0.25, -0.2) is 23.2 Å². The maximum atomic E-state index is 12.6. The number of sulfone groups is 1. The van der Waals surface area contributed by atoms with Gasteiger partial charge in [0, 0.05) is 43.2 Å². The van der Waals surface area contributed by atoms with E-state index in [4.69, 9.17) is 9.72 Å². The van der Waals surface area contributed by atoms with Crippen molar-refractivity contribution in [1.29, 1.82) is 0 Å². The van der Waals surface area contributed by atoms with Crippen LogP contribution < -0.4 is 10.2 Å². The van der Waals surface area contributed by atoms with E-state index >= 15 is 0 Å². The standard InChI is InChI=1S/C25H35N5O5S/c1-17-16-35-14-13-30(17)22-15-21(25(2,3)36(4,33)34)27-23(28-22)18-5-7-19(8-6-18)26-24(32)29-11-9-20(31)10-12-29/h5-8,15,17,20,31H,9-14,16H2,1-4H3,(H,26,32)/t17-/m0/s1. The predicted octanol–water partition coefficient (Wildman–Crippen LogP) is 2.64. The third kappa shape index (κ3) is 5.63. The fourth-order valence-electron chi connectivity index (χ4n) is 4.25. The normalized spacial score (nSPS) is 19.9. The molecule has 11 heteroatoms. The smallest absolute Gasteiger partial charge is 0.321 e. The Morgan fingerprint density at radius 1 is 1.14 bits per heavy atom. The quantitative estimate of drug-likeness (QED) is 0.620. The number of hydrogen-bond acceptors (Lipinski definition) is 8. The molecule has 0 saturated carbocycles. The summed E-state index contributed by atoms with van der Waals surface area (Å²) in [7, 11) is -3.45. The summed E-state index contributed by atoms with van der Waals surface area (Å²) >= 11 is 0. The number of nitrogens with zero attached hydrogens (tertiary/aromatic N) is 4. The van der Waals surface area contributed by atoms with Crippen LogP contribution in [0.3, 0.4) is 0 Å². The van der Waals surface area contributed by atoms with E-state index in [-0.39, 0.29) is 18.2 Å². The summed E-state index contributed by atoms with van der Waals surface area (Å²) < 4.78 is 29.6. The number of aliphatic hydroxyl groups excluding tert-OH is 1. The molecule has 1 aromatic heterocycles. The van der Waals surface area contributed by atoms with Gasteiger partial charge in [-0.1, -0.05) is 0 Å². The molecule has 0 unspecified atom stereocenters. The van der Waals surface area contributed by atoms with Gasteiger partial charge in [0.2, 0.25) is 0 Å². The third-order valence-corrected chi connectivity index (χ3v) is 9.13. The summed E-state index contributed by atoms with van der Waals surface area (Å²) in [6.07, 6.45) is 2.02. The van der Waals surface area contributed by atoms with Gasteiger partial charge in [-0.15, -0.1) is 0 Å². The van der Waals surface area contributed by atoms with E-state index in [1.807, 2.05) is 19.1 Å². The van der Waals surface area contributed by atoms with Gasteiger partial charge in [0.15, 0.2) is 15.7 Å². The van der Waals surface area contributed by atoms with E-state index < -0.39 is 14.6 Å². The van der Waals surface area contributed by atoms with Crippen molar-refractivity contribution >= 4 is 27.4 Å². The number of morpholine rings is 1. The number of anilines is 2. The second-order valence-electron chi connectivity index (χ2n) is 10.1. The highest BCUT2D eigenvalue weighted by atomic mass is 32.2. The summed E-state index contributed by atoms with van der Waals surface area (Å²) in [5.74, 6) is 1.08. The van der Waals surface area contributed by atoms with Crippen LogP contribution in [0.2, 0.25) is 0 Å². The number of amides is 2. The minimum atomic E-state index is -3.45. The lowest BCUT2D eigenvalue weighted by Gasteiger charge is -2.35. The van der Waals surface area contributed by atoms with Crippen molar-refractivity contribution in [1.82, 2.24) is 14.9 Å². The number of aromatic nitrogens is 2. The first-order chi connectivity index (χ1) is 17.0. The molecule has 10 nitrogen and oxygen atoms in total. The van der Waals surface area contributed by atoms with Crippen LogP contribution in [-0.4, -0.2) is 85.7 Å². The van der Waals surface area contributed by atoms with Crippen LogP contribution in [0, 0.1) is 0 Å². The van der Waals surface area contributed by atoms with E-state index in [1.54, 1.807) is 36.9 Å². The largest absolute Gasteiger partial charge is 0.393 e. The SMILES string of the molecule is C[C@H]1COCCN1c1cc(C(C)(C)S(C)(=O)=O)nc(-c2ccc(NC(=O)N3CCC(O)CC3)cc2)n1. The fourth-order valence-corrected chi connectivity index (χ4v) is 4.74. The van der Waals surface area contributed by atoms with Crippen molar-refractivity contribution in [3.8, 4) is 11.4 Å². The molecule has 1 atom stereocenters. The monoisotopic (exact) mass is 517 g/mol. The van der Waals surface area contributed by atoms with Crippen molar-refractivity contribution in [3.05, 3.63) is 36.0 Å². The molecular weight excluding hydrogens is 482 g/mol. The van der Waals surface area contributed by atoms with Crippen LogP contribution in [0.4, 0.5) is 16.3 Å². The molecule has 3 heterocycles. The van der Waals surface area contributed by atoms with Gasteiger partial charge in [0.25, 0.3) is 0 Å². The molecule has 2 saturated heterocycles. The molecule has 2 aliphatic rings. The highest BCUT2D eigenvalue weighted by molar-refractivity contribution is 7.91. The molecule has 2 N–H and O–H groups in total. The molecule has 4 rings (SSSR count). The van der Waals surface area contributed by atoms with Crippen molar-refractivity contribution in [2.45, 2.75) is 50.5 Å². The topological polar surface area (TPSA) is 125 Å². The highest BCUT2D eigenvalue weighted by Crippen LogP contribution is 2.32. The first-order valence-electron chi connectivity index (χ1n) is 12.2. The minimum absolute atomic E-state index is 0.0872. The number of piperidine rings is 1. The fraction of sp³-hybridized carbons (Fsp3) is 0.560. The Balaban J connectivity index is 1.63. The predicted molar refractivity (Wildman–Crippen MR) is 139 cm³/mol. The molecule has 2 fully saturated rings. The van der Waals surface area contributed by atoms with E-state index in [9.17, 15) is 18.3 Å². The molecular formula is C25H35N5O5S. The molecule has 0 aliphatic carbocycles. The third-order valence-electron chi connectivity index (χ3n) is 7.06. The molecule has 0 bridgehead atoms. The lowest BCUT2D eigenvalue weighted by Crippen LogP contribution is -2.44. The zero-order chi connectivity index (χ0) is 26.1. The molecule has 2 aromatic rings. The number of rotatable bonds is 5. The number of carbonyl (C=O) groups excluding carboxylic acids is 1. The van der Waals surface area contributed by atoms with Crippen LogP contribution in [0.5, 0.6) is 0 Å². The summed E-state index contributed by atoms with van der Waals surface area (Å²) in [5, 5.41) is 12.5. The van der Waals surface area contributed by atoms with Gasteiger partial charge in [-0.05, 0) is 57.9 Å². The van der Waals surface area contributed by atoms with E-state index in [0.29, 0.717) is 74.3 Å². The van der Waals surface area contributed by atoms with Gasteiger partial charge in [-0.2, -0.15) is 0 Å². The van der Waals surface area contributed by atoms with E-state index in [0.717, 1.165) is 0 Å². The van der Waals surface area contributed by atoms with Gasteiger partial charge >= 0.3 is 6.03 Å². The van der Waals surface area contributed by atoms with Crippen LogP contribution >= 0.6 is 0 Å². The molecule has 196 valence electrons. The average molecular weight is 518 g/mol. The number of hydrogen-bond donors (Lipinski definition) is 2. The number of nitrogens with one attached hydrogen (secondary N) is 1. The maximum absolute atomic E-state index is 12.6. The molecule has 36 heavy (non-hydrogen) atoms. The van der Waals surface area contributed by atoms with Crippen LogP contribution in [0.15, 0.2) is 30.3 Å². The van der Waals surface area contributed by atoms with Crippen LogP contribution in [0.1, 0.15) is 39.3 Å². The van der Waals surface area contributed by atoms with Gasteiger partial charge in [-0.3, -0.25) is 0 Å². The Hall–Kier alpha value is -2.76. The van der Waals surface area contributed by atoms with Gasteiger partial charge in [0.05, 0.1) is 31.1 Å². The highest BCUT2D eigenvalue weighted by Gasteiger charge is 2.35. The zero-order valence-electron chi connectivity index (χ0n) is 21.3. The summed E-state index contributed by atoms with van der Waals surface area (Å²) in [6, 6.07) is 8.83. The second kappa shape index (κ2) is 10.3. The number of urea groups is 1. The Morgan fingerprint density at radius 2 is 1.81 bits per heavy atom. The molecule has 2 amide bonds. The zero-order valence-corrected chi connectivity index (χ0v) is 22.1. The maximum Gasteiger partial charge on any atom is 0.321 e. The van der Waals surface area contributed by atoms with E-state index in [1.165, 1.54) is 6.26 Å². The number of ether oxygens (including phenoxy) is 1. The first kappa shape index (κ1) is 26.3. The summed E-state index contributed by atoms with van der Waals surface area (Å²) in [6.45, 7) is 8.17. The van der Waals surface area contributed by atoms with Crippen molar-refractivity contribution in [2.75, 3.05) is 49.3 Å². The summed E-state index contributed by atoms with van der Waals surface area (Å²) in [5.41, 5.74) is 1.76. The first-order valence-corrected chi connectivity index (χ1v) is 14.1. The second-order valence-corrected chi connectivity index (χ2v) is 12.6. The van der Waals surface area contributed by atoms with Crippen LogP contribution in [-0.2, 0) is 19.3 Å². The van der Waals surface area contributed by atoms with Crippen molar-refractivity contribution < 1.29 is 23.1 Å². The Kier molecular flexibility index (Phi) is 7.53. The molecule has 1 aromatic carbocycles. The van der Waals surface area contributed by atoms with Crippen LogP contribution in [0.25, 0.3) is 11.4 Å². The Labute approximate surface area is 212 Å². The lowest BCUT2D eigenvalue weighted by molar-refractivity contribution is 0.0972. The Morgan fingerprint density at radius 3 is 2.42 bits per heavy atom. The van der Waals surface area contributed by atoms with Crippen molar-refractivity contribution in [2.24, 2.45) is 0 Å². The lowest BCUT2D eigenvalue weighted by atomic mass is 10.1. The minimum Gasteiger partial charge on any atom is -0.393 e. The average Bonchev–Trinajstić information content (AvgIpc) is 2.84. The molecule has 0 radical (unpaired) electrons. The Bertz CT molecular complexity index is 1190. The van der Waals surface area contributed by atoms with Gasteiger partial charge in [0.1, 0.15) is 10.6 Å². The summed E-state index contributed by atoms with van der Waals surface area (Å²) in [4.78, 5) is 25.8. The molecule has 2 aliphatic heterocycles.